The van der Waals surface area contributed by atoms with Crippen LogP contribution in [-0.2, 0) is 5.41 Å². The first-order valence-corrected chi connectivity index (χ1v) is 21.8. The van der Waals surface area contributed by atoms with Crippen molar-refractivity contribution in [1.29, 1.82) is 0 Å². The highest BCUT2D eigenvalue weighted by molar-refractivity contribution is 6.99. The predicted molar refractivity (Wildman–Crippen MR) is 250 cm³/mol. The minimum Gasteiger partial charge on any atom is -0.458 e. The van der Waals surface area contributed by atoms with Gasteiger partial charge in [0.2, 0.25) is 0 Å². The molecule has 64 heavy (non-hydrogen) atoms. The lowest BCUT2D eigenvalue weighted by molar-refractivity contribution is 0.418. The third kappa shape index (κ3) is 3.57. The van der Waals surface area contributed by atoms with Gasteiger partial charge >= 0.3 is 0 Å². The minimum atomic E-state index is -0.651. The molecule has 7 aliphatic rings. The molecule has 0 unspecified atom stereocenters. The van der Waals surface area contributed by atoms with Crippen molar-refractivity contribution in [1.82, 2.24) is 0 Å². The molecule has 0 fully saturated rings. The normalized spacial score (nSPS) is 15.2. The van der Waals surface area contributed by atoms with Crippen molar-refractivity contribution < 1.29 is 23.7 Å². The lowest BCUT2D eigenvalue weighted by Crippen LogP contribution is -2.65. The van der Waals surface area contributed by atoms with Gasteiger partial charge < -0.3 is 23.7 Å². The second-order valence-corrected chi connectivity index (χ2v) is 17.8. The van der Waals surface area contributed by atoms with Crippen LogP contribution in [0, 0.1) is 0 Å². The van der Waals surface area contributed by atoms with E-state index >= 15 is 0 Å². The Morgan fingerprint density at radius 1 is 0.344 bits per heavy atom. The summed E-state index contributed by atoms with van der Waals surface area (Å²) in [5, 5.41) is 5.08. The van der Waals surface area contributed by atoms with Gasteiger partial charge in [-0.25, -0.2) is 0 Å². The highest BCUT2D eigenvalue weighted by atomic mass is 16.5. The molecule has 0 bridgehead atoms. The maximum Gasteiger partial charge on any atom is 0.261 e. The van der Waals surface area contributed by atoms with E-state index in [0.717, 1.165) is 96.7 Å². The summed E-state index contributed by atoms with van der Waals surface area (Å²) < 4.78 is 33.4. The maximum atomic E-state index is 6.84. The van der Waals surface area contributed by atoms with Gasteiger partial charge in [0.05, 0.1) is 5.41 Å². The molecule has 0 saturated heterocycles. The molecule has 0 aromatic heterocycles. The van der Waals surface area contributed by atoms with E-state index in [1.165, 1.54) is 60.3 Å². The van der Waals surface area contributed by atoms with E-state index in [9.17, 15) is 0 Å². The number of ether oxygens (including phenoxy) is 5. The molecule has 1 spiro atoms. The Morgan fingerprint density at radius 2 is 0.781 bits per heavy atom. The van der Waals surface area contributed by atoms with Crippen LogP contribution >= 0.6 is 0 Å². The Bertz CT molecular complexity index is 3760. The van der Waals surface area contributed by atoms with Gasteiger partial charge in [-0.1, -0.05) is 109 Å². The van der Waals surface area contributed by atoms with Crippen LogP contribution in [0.2, 0.25) is 0 Å². The van der Waals surface area contributed by atoms with Crippen LogP contribution in [0.3, 0.4) is 0 Å². The zero-order valence-electron chi connectivity index (χ0n) is 33.7. The van der Waals surface area contributed by atoms with Gasteiger partial charge in [-0.15, -0.1) is 0 Å². The second-order valence-electron chi connectivity index (χ2n) is 17.8. The number of benzene rings is 10. The number of hydrogen-bond donors (Lipinski definition) is 0. The molecular weight excluding hydrogens is 789 g/mol. The van der Waals surface area contributed by atoms with Gasteiger partial charge in [-0.05, 0) is 138 Å². The maximum absolute atomic E-state index is 6.84. The topological polar surface area (TPSA) is 49.4 Å². The number of fused-ring (bicyclic) bond motifs is 4. The first-order chi connectivity index (χ1) is 31.7. The SMILES string of the molecule is c1cc2c3c(c1)Oc1cccc4c1B3c1c(cccc1C41c3cccc4ccc5ccc(-c6ccc(-c7cc8c9c(c7)Oc7cccc%10c7N9c7c(cccc7O8)O%10)cc6)c1c5c34)O2. The lowest BCUT2D eigenvalue weighted by Gasteiger charge is -2.47. The van der Waals surface area contributed by atoms with Gasteiger partial charge in [-0.2, -0.15) is 0 Å². The van der Waals surface area contributed by atoms with Crippen molar-refractivity contribution in [3.05, 3.63) is 192 Å². The molecule has 6 aliphatic heterocycles. The molecule has 10 aromatic rings. The number of rotatable bonds is 2. The Balaban J connectivity index is 0.882. The molecule has 10 aromatic carbocycles. The number of hydrogen-bond acceptors (Lipinski definition) is 6. The molecule has 6 heterocycles. The fraction of sp³-hybridized carbons (Fsp3) is 0.0175. The van der Waals surface area contributed by atoms with E-state index in [1.807, 2.05) is 42.5 Å². The molecule has 294 valence electrons. The van der Waals surface area contributed by atoms with Crippen molar-refractivity contribution in [3.8, 4) is 79.7 Å². The largest absolute Gasteiger partial charge is 0.458 e. The molecule has 7 heteroatoms. The summed E-state index contributed by atoms with van der Waals surface area (Å²) in [6, 6.07) is 60.9. The molecule has 17 rings (SSSR count). The third-order valence-corrected chi connectivity index (χ3v) is 14.9. The fourth-order valence-corrected chi connectivity index (χ4v) is 12.6. The quantitative estimate of drug-likeness (QED) is 0.128. The van der Waals surface area contributed by atoms with E-state index in [4.69, 9.17) is 23.7 Å². The number of para-hydroxylation sites is 2. The van der Waals surface area contributed by atoms with Crippen LogP contribution in [0.5, 0.6) is 57.5 Å². The van der Waals surface area contributed by atoms with Crippen LogP contribution in [0.4, 0.5) is 17.1 Å². The summed E-state index contributed by atoms with van der Waals surface area (Å²) in [6.45, 7) is -0.00862. The smallest absolute Gasteiger partial charge is 0.261 e. The molecule has 1 aliphatic carbocycles. The molecule has 0 atom stereocenters. The van der Waals surface area contributed by atoms with E-state index in [1.54, 1.807) is 0 Å². The summed E-state index contributed by atoms with van der Waals surface area (Å²) in [5.74, 6) is 8.05. The van der Waals surface area contributed by atoms with Gasteiger partial charge in [0.25, 0.3) is 6.71 Å². The Morgan fingerprint density at radius 3 is 1.39 bits per heavy atom. The van der Waals surface area contributed by atoms with Gasteiger partial charge in [-0.3, -0.25) is 4.90 Å². The van der Waals surface area contributed by atoms with Crippen LogP contribution in [0.1, 0.15) is 22.3 Å². The summed E-state index contributed by atoms with van der Waals surface area (Å²) in [6.07, 6.45) is 0. The first kappa shape index (κ1) is 32.3. The monoisotopic (exact) mass is 817 g/mol. The Labute approximate surface area is 366 Å². The summed E-state index contributed by atoms with van der Waals surface area (Å²) in [7, 11) is 0. The standard InChI is InChI=1S/C57H28BNO5/c1-7-31-23-24-32-25-26-34(30-21-19-29(20-22-30)33-27-46-56-47(28-33)64-45-18-6-16-43-55(45)59(56)54-42(62-43)15-5-17-44(54)63-46)50-49(32)48(31)35(8-1)57(50)36-9-2-11-38-51(36)58-52-37(57)10-3-12-39(52)61-41-14-4-13-40(60-38)53(41)58/h1-28H. The van der Waals surface area contributed by atoms with E-state index in [0.29, 0.717) is 0 Å². The van der Waals surface area contributed by atoms with Crippen molar-refractivity contribution in [2.75, 3.05) is 4.90 Å². The van der Waals surface area contributed by atoms with E-state index in [2.05, 4.69) is 132 Å². The highest BCUT2D eigenvalue weighted by Gasteiger charge is 2.57. The number of nitrogens with zero attached hydrogens (tertiary/aromatic N) is 1. The summed E-state index contributed by atoms with van der Waals surface area (Å²) in [5.41, 5.74) is 15.1. The van der Waals surface area contributed by atoms with E-state index in [-0.39, 0.29) is 6.71 Å². The van der Waals surface area contributed by atoms with E-state index < -0.39 is 5.41 Å². The average molecular weight is 818 g/mol. The molecular formula is C57H28BNO5. The predicted octanol–water partition coefficient (Wildman–Crippen LogP) is 12.9. The van der Waals surface area contributed by atoms with Crippen LogP contribution in [0.15, 0.2) is 170 Å². The van der Waals surface area contributed by atoms with Crippen LogP contribution in [-0.4, -0.2) is 6.71 Å². The van der Waals surface area contributed by atoms with Crippen molar-refractivity contribution in [2.45, 2.75) is 5.41 Å². The molecule has 0 N–H and O–H groups in total. The van der Waals surface area contributed by atoms with Crippen molar-refractivity contribution in [2.24, 2.45) is 0 Å². The zero-order chi connectivity index (χ0) is 41.2. The molecule has 6 nitrogen and oxygen atoms in total. The molecule has 0 amide bonds. The van der Waals surface area contributed by atoms with Crippen molar-refractivity contribution >= 4 is 61.7 Å². The van der Waals surface area contributed by atoms with Crippen LogP contribution < -0.4 is 45.0 Å². The van der Waals surface area contributed by atoms with Gasteiger partial charge in [0.1, 0.15) is 40.1 Å². The molecule has 0 saturated carbocycles. The second kappa shape index (κ2) is 10.8. The Kier molecular flexibility index (Phi) is 5.44. The third-order valence-electron chi connectivity index (χ3n) is 14.9. The van der Waals surface area contributed by atoms with Gasteiger partial charge in [0, 0.05) is 5.46 Å². The zero-order valence-corrected chi connectivity index (χ0v) is 33.7. The summed E-state index contributed by atoms with van der Waals surface area (Å²) >= 11 is 0. The van der Waals surface area contributed by atoms with Crippen molar-refractivity contribution in [3.63, 3.8) is 0 Å². The lowest BCUT2D eigenvalue weighted by atomic mass is 9.29. The summed E-state index contributed by atoms with van der Waals surface area (Å²) in [4.78, 5) is 2.24. The minimum absolute atomic E-state index is 0.00862. The fourth-order valence-electron chi connectivity index (χ4n) is 12.6. The highest BCUT2D eigenvalue weighted by Crippen LogP contribution is 2.67. The Hall–Kier alpha value is -8.42. The first-order valence-electron chi connectivity index (χ1n) is 21.8. The van der Waals surface area contributed by atoms with Crippen LogP contribution in [0.25, 0.3) is 43.8 Å². The number of anilines is 3. The molecule has 0 radical (unpaired) electrons. The average Bonchev–Trinajstić information content (AvgIpc) is 3.64. The van der Waals surface area contributed by atoms with Gasteiger partial charge in [0.15, 0.2) is 34.5 Å².